The molecule has 4 atom stereocenters. The molecule has 0 unspecified atom stereocenters. The van der Waals surface area contributed by atoms with Crippen LogP contribution in [0.1, 0.15) is 12.5 Å². The number of aliphatic imine (C=N–C) groups is 1. The molecule has 1 aromatic carbocycles. The quantitative estimate of drug-likeness (QED) is 0.862. The first kappa shape index (κ1) is 17.0. The zero-order chi connectivity index (χ0) is 18.8. The molecule has 1 saturated carbocycles. The number of nitrogens with zero attached hydrogens (tertiary/aromatic N) is 3. The van der Waals surface area contributed by atoms with Gasteiger partial charge in [0.05, 0.1) is 38.4 Å². The van der Waals surface area contributed by atoms with E-state index in [2.05, 4.69) is 17.1 Å². The Kier molecular flexibility index (Phi) is 3.31. The molecule has 1 saturated heterocycles. The second-order valence-electron chi connectivity index (χ2n) is 6.69. The zero-order valence-electron chi connectivity index (χ0n) is 14.7. The Hall–Kier alpha value is -2.42. The van der Waals surface area contributed by atoms with Crippen LogP contribution in [-0.2, 0) is 10.2 Å². The first-order valence-electron chi connectivity index (χ1n) is 8.13. The third-order valence-corrected chi connectivity index (χ3v) is 7.36. The summed E-state index contributed by atoms with van der Waals surface area (Å²) < 4.78 is 16.8. The summed E-state index contributed by atoms with van der Waals surface area (Å²) in [4.78, 5) is 4.47. The van der Waals surface area contributed by atoms with E-state index in [0.717, 1.165) is 0 Å². The van der Waals surface area contributed by atoms with Crippen LogP contribution in [0.2, 0.25) is 0 Å². The lowest BCUT2D eigenvalue weighted by Gasteiger charge is -2.30. The van der Waals surface area contributed by atoms with Gasteiger partial charge in [-0.05, 0) is 18.2 Å². The average molecular weight is 370 g/mol. The Balaban J connectivity index is 2.03. The van der Waals surface area contributed by atoms with Gasteiger partial charge in [0.15, 0.2) is 10.8 Å². The Bertz CT molecular complexity index is 914. The summed E-state index contributed by atoms with van der Waals surface area (Å²) >= 11 is 1.43. The van der Waals surface area contributed by atoms with Gasteiger partial charge in [-0.3, -0.25) is 0 Å². The third kappa shape index (κ3) is 1.41. The van der Waals surface area contributed by atoms with Gasteiger partial charge in [0.1, 0.15) is 17.3 Å². The number of rotatable bonds is 3. The number of hydrogen-bond donors (Lipinski definition) is 1. The van der Waals surface area contributed by atoms with Gasteiger partial charge in [-0.15, -0.1) is 0 Å². The van der Waals surface area contributed by atoms with Crippen LogP contribution in [0.3, 0.4) is 0 Å². The predicted molar refractivity (Wildman–Crippen MR) is 95.8 cm³/mol. The number of amidine groups is 1. The normalized spacial score (nSPS) is 39.7. The van der Waals surface area contributed by atoms with Crippen LogP contribution in [-0.4, -0.2) is 37.5 Å². The standard InChI is InChI=1S/C18H18N4O3S/c1-15(12-8-11(23-2)4-5-13(12)24-3)16(9-19)14(21)22-18(17(15,16)10-20)25-6-7-26-18/h4-5,8H,6-7H2,1-3H3,(H2,21,22)/t15-,16+,17-,18-/m1/s1. The maximum atomic E-state index is 10.3. The topological polar surface area (TPSA) is 114 Å². The molecule has 2 aliphatic heterocycles. The van der Waals surface area contributed by atoms with Crippen molar-refractivity contribution in [3.05, 3.63) is 23.8 Å². The number of fused-ring (bicyclic) bond motifs is 2. The molecule has 8 heteroatoms. The smallest absolute Gasteiger partial charge is 0.231 e. The summed E-state index contributed by atoms with van der Waals surface area (Å²) in [6, 6.07) is 10.1. The molecule has 0 aromatic heterocycles. The van der Waals surface area contributed by atoms with E-state index in [1.54, 1.807) is 32.4 Å². The molecule has 7 nitrogen and oxygen atoms in total. The summed E-state index contributed by atoms with van der Waals surface area (Å²) in [5.74, 6) is 2.01. The Morgan fingerprint density at radius 1 is 1.27 bits per heavy atom. The molecule has 4 rings (SSSR count). The fraction of sp³-hybridized carbons (Fsp3) is 0.500. The first-order chi connectivity index (χ1) is 12.4. The van der Waals surface area contributed by atoms with E-state index in [1.165, 1.54) is 11.8 Å². The van der Waals surface area contributed by atoms with Crippen LogP contribution >= 0.6 is 11.8 Å². The lowest BCUT2D eigenvalue weighted by Crippen LogP contribution is -2.38. The van der Waals surface area contributed by atoms with E-state index in [9.17, 15) is 10.5 Å². The molecule has 1 spiro atoms. The highest BCUT2D eigenvalue weighted by atomic mass is 32.2. The van der Waals surface area contributed by atoms with Crippen molar-refractivity contribution < 1.29 is 14.2 Å². The maximum absolute atomic E-state index is 10.3. The molecule has 0 bridgehead atoms. The van der Waals surface area contributed by atoms with Gasteiger partial charge in [-0.25, -0.2) is 4.99 Å². The highest BCUT2D eigenvalue weighted by molar-refractivity contribution is 8.00. The van der Waals surface area contributed by atoms with E-state index in [1.807, 2.05) is 6.92 Å². The Morgan fingerprint density at radius 3 is 2.58 bits per heavy atom. The Labute approximate surface area is 155 Å². The number of nitrogens with two attached hydrogens (primary N) is 1. The SMILES string of the molecule is COc1ccc(OC)c([C@]2(C)[C@]3(C#N)C(N)=N[C@@]4(OCCS4)[C@@]32C#N)c1. The maximum Gasteiger partial charge on any atom is 0.231 e. The predicted octanol–water partition coefficient (Wildman–Crippen LogP) is 1.78. The largest absolute Gasteiger partial charge is 0.497 e. The van der Waals surface area contributed by atoms with Crippen LogP contribution in [0.25, 0.3) is 0 Å². The molecule has 0 amide bonds. The highest BCUT2D eigenvalue weighted by Gasteiger charge is 2.99. The van der Waals surface area contributed by atoms with E-state index in [4.69, 9.17) is 19.9 Å². The molecule has 2 N–H and O–H groups in total. The lowest BCUT2D eigenvalue weighted by atomic mass is 9.84. The van der Waals surface area contributed by atoms with Crippen LogP contribution in [0.4, 0.5) is 0 Å². The van der Waals surface area contributed by atoms with Gasteiger partial charge < -0.3 is 19.9 Å². The van der Waals surface area contributed by atoms with Crippen LogP contribution in [0, 0.1) is 33.5 Å². The van der Waals surface area contributed by atoms with Gasteiger partial charge in [0, 0.05) is 11.3 Å². The van der Waals surface area contributed by atoms with Crippen molar-refractivity contribution in [2.24, 2.45) is 21.6 Å². The van der Waals surface area contributed by atoms with Gasteiger partial charge >= 0.3 is 0 Å². The van der Waals surface area contributed by atoms with Crippen molar-refractivity contribution in [3.8, 4) is 23.6 Å². The van der Waals surface area contributed by atoms with Crippen molar-refractivity contribution in [1.82, 2.24) is 0 Å². The van der Waals surface area contributed by atoms with Gasteiger partial charge in [0.25, 0.3) is 0 Å². The molecule has 1 aromatic rings. The number of methoxy groups -OCH3 is 2. The Morgan fingerprint density at radius 2 is 2.04 bits per heavy atom. The fourth-order valence-corrected chi connectivity index (χ4v) is 6.25. The molecule has 1 aliphatic carbocycles. The molecule has 26 heavy (non-hydrogen) atoms. The van der Waals surface area contributed by atoms with E-state index >= 15 is 0 Å². The molecule has 3 aliphatic rings. The summed E-state index contributed by atoms with van der Waals surface area (Å²) in [6.45, 7) is 2.32. The van der Waals surface area contributed by atoms with Crippen molar-refractivity contribution in [1.29, 1.82) is 10.5 Å². The number of thioether (sulfide) groups is 1. The van der Waals surface area contributed by atoms with Crippen LogP contribution in [0.5, 0.6) is 11.5 Å². The first-order valence-corrected chi connectivity index (χ1v) is 9.12. The zero-order valence-corrected chi connectivity index (χ0v) is 15.5. The summed E-state index contributed by atoms with van der Waals surface area (Å²) in [5, 5.41) is 19.3. The minimum atomic E-state index is -1.29. The number of ether oxygens (including phenoxy) is 3. The van der Waals surface area contributed by atoms with Crippen LogP contribution < -0.4 is 15.2 Å². The fourth-order valence-electron chi connectivity index (χ4n) is 4.86. The van der Waals surface area contributed by atoms with Crippen molar-refractivity contribution in [2.75, 3.05) is 26.6 Å². The minimum absolute atomic E-state index is 0.142. The van der Waals surface area contributed by atoms with E-state index in [-0.39, 0.29) is 5.84 Å². The molecular formula is C18H18N4O3S. The van der Waals surface area contributed by atoms with Crippen molar-refractivity contribution >= 4 is 17.6 Å². The molecule has 2 fully saturated rings. The molecule has 134 valence electrons. The van der Waals surface area contributed by atoms with Gasteiger partial charge in [-0.2, -0.15) is 10.5 Å². The highest BCUT2D eigenvalue weighted by Crippen LogP contribution is 2.87. The summed E-state index contributed by atoms with van der Waals surface area (Å²) in [6.07, 6.45) is 0. The summed E-state index contributed by atoms with van der Waals surface area (Å²) in [7, 11) is 3.12. The third-order valence-electron chi connectivity index (χ3n) is 6.09. The number of hydrogen-bond acceptors (Lipinski definition) is 8. The van der Waals surface area contributed by atoms with Gasteiger partial charge in [-0.1, -0.05) is 18.7 Å². The molecule has 0 radical (unpaired) electrons. The molecule has 2 heterocycles. The van der Waals surface area contributed by atoms with E-state index in [0.29, 0.717) is 29.4 Å². The second-order valence-corrected chi connectivity index (χ2v) is 7.94. The minimum Gasteiger partial charge on any atom is -0.497 e. The lowest BCUT2D eigenvalue weighted by molar-refractivity contribution is 0.0150. The number of benzene rings is 1. The monoisotopic (exact) mass is 370 g/mol. The van der Waals surface area contributed by atoms with Gasteiger partial charge in [0.2, 0.25) is 5.06 Å². The summed E-state index contributed by atoms with van der Waals surface area (Å²) in [5.41, 5.74) is 3.48. The molecular weight excluding hydrogens is 352 g/mol. The van der Waals surface area contributed by atoms with Crippen LogP contribution in [0.15, 0.2) is 23.2 Å². The number of nitriles is 2. The average Bonchev–Trinajstić information content (AvgIpc) is 2.94. The van der Waals surface area contributed by atoms with Crippen molar-refractivity contribution in [3.63, 3.8) is 0 Å². The van der Waals surface area contributed by atoms with E-state index < -0.39 is 21.3 Å². The van der Waals surface area contributed by atoms with Crippen molar-refractivity contribution in [2.45, 2.75) is 17.4 Å². The second kappa shape index (κ2) is 5.06.